The van der Waals surface area contributed by atoms with E-state index < -0.39 is 12.1 Å². The number of hydrogen-bond acceptors (Lipinski definition) is 5. The van der Waals surface area contributed by atoms with Crippen molar-refractivity contribution in [2.24, 2.45) is 0 Å². The number of nitriles is 1. The molecular formula is C19H16N2O4. The van der Waals surface area contributed by atoms with Crippen LogP contribution >= 0.6 is 0 Å². The Bertz CT molecular complexity index is 839. The van der Waals surface area contributed by atoms with E-state index in [4.69, 9.17) is 10.00 Å². The van der Waals surface area contributed by atoms with Gasteiger partial charge in [-0.15, -0.1) is 0 Å². The molecule has 1 aliphatic heterocycles. The van der Waals surface area contributed by atoms with Gasteiger partial charge in [-0.05, 0) is 42.0 Å². The molecule has 25 heavy (non-hydrogen) atoms. The van der Waals surface area contributed by atoms with Gasteiger partial charge in [0, 0.05) is 18.7 Å². The van der Waals surface area contributed by atoms with Crippen molar-refractivity contribution in [2.45, 2.75) is 18.9 Å². The van der Waals surface area contributed by atoms with Crippen molar-refractivity contribution in [3.8, 4) is 11.8 Å². The zero-order valence-corrected chi connectivity index (χ0v) is 13.4. The third kappa shape index (κ3) is 3.78. The summed E-state index contributed by atoms with van der Waals surface area (Å²) in [6, 6.07) is 15.1. The van der Waals surface area contributed by atoms with Crippen LogP contribution in [0.5, 0.6) is 5.75 Å². The molecule has 2 aromatic rings. The van der Waals surface area contributed by atoms with Gasteiger partial charge in [0.05, 0.1) is 18.1 Å². The van der Waals surface area contributed by atoms with E-state index in [0.717, 1.165) is 0 Å². The molecule has 3 rings (SSSR count). The van der Waals surface area contributed by atoms with Crippen LogP contribution in [0.4, 0.5) is 5.69 Å². The van der Waals surface area contributed by atoms with E-state index in [1.165, 1.54) is 12.1 Å². The summed E-state index contributed by atoms with van der Waals surface area (Å²) in [6.45, 7) is 0.453. The highest BCUT2D eigenvalue weighted by molar-refractivity contribution is 5.99. The Morgan fingerprint density at radius 2 is 2.04 bits per heavy atom. The third-order valence-electron chi connectivity index (χ3n) is 4.00. The molecule has 6 nitrogen and oxygen atoms in total. The maximum atomic E-state index is 12.4. The number of ether oxygens (including phenoxy) is 1. The minimum absolute atomic E-state index is 0.00491. The quantitative estimate of drug-likeness (QED) is 0.864. The number of carbonyl (C=O) groups is 2. The largest absolute Gasteiger partial charge is 0.508 e. The molecule has 0 unspecified atom stereocenters. The number of esters is 1. The average molecular weight is 336 g/mol. The van der Waals surface area contributed by atoms with Crippen molar-refractivity contribution in [2.75, 3.05) is 11.4 Å². The summed E-state index contributed by atoms with van der Waals surface area (Å²) in [7, 11) is 0. The number of hydrogen-bond donors (Lipinski definition) is 1. The first-order chi connectivity index (χ1) is 12.1. The number of anilines is 1. The lowest BCUT2D eigenvalue weighted by Gasteiger charge is -2.17. The highest BCUT2D eigenvalue weighted by Crippen LogP contribution is 2.24. The second-order valence-corrected chi connectivity index (χ2v) is 5.76. The van der Waals surface area contributed by atoms with E-state index in [-0.39, 0.29) is 18.1 Å². The number of phenols is 1. The fourth-order valence-electron chi connectivity index (χ4n) is 2.77. The van der Waals surface area contributed by atoms with Crippen LogP contribution in [0.2, 0.25) is 0 Å². The van der Waals surface area contributed by atoms with E-state index >= 15 is 0 Å². The molecule has 1 atom stereocenters. The van der Waals surface area contributed by atoms with E-state index in [9.17, 15) is 14.7 Å². The molecule has 0 saturated carbocycles. The Kier molecular flexibility index (Phi) is 4.66. The summed E-state index contributed by atoms with van der Waals surface area (Å²) in [4.78, 5) is 26.0. The monoisotopic (exact) mass is 336 g/mol. The summed E-state index contributed by atoms with van der Waals surface area (Å²) < 4.78 is 5.30. The van der Waals surface area contributed by atoms with Crippen LogP contribution in [0.3, 0.4) is 0 Å². The molecule has 0 radical (unpaired) electrons. The van der Waals surface area contributed by atoms with Gasteiger partial charge < -0.3 is 14.7 Å². The van der Waals surface area contributed by atoms with Gasteiger partial charge in [-0.2, -0.15) is 5.26 Å². The van der Waals surface area contributed by atoms with Gasteiger partial charge in [0.15, 0.2) is 6.10 Å². The van der Waals surface area contributed by atoms with Crippen molar-refractivity contribution in [3.05, 3.63) is 59.7 Å². The Morgan fingerprint density at radius 1 is 1.28 bits per heavy atom. The second-order valence-electron chi connectivity index (χ2n) is 5.76. The van der Waals surface area contributed by atoms with E-state index in [1.54, 1.807) is 41.3 Å². The summed E-state index contributed by atoms with van der Waals surface area (Å²) in [6.07, 6.45) is -0.389. The van der Waals surface area contributed by atoms with Gasteiger partial charge in [-0.3, -0.25) is 9.59 Å². The Morgan fingerprint density at radius 3 is 2.72 bits per heavy atom. The molecule has 0 aromatic heterocycles. The van der Waals surface area contributed by atoms with Crippen LogP contribution in [-0.4, -0.2) is 29.6 Å². The van der Waals surface area contributed by atoms with E-state index in [1.807, 2.05) is 6.07 Å². The normalized spacial score (nSPS) is 16.5. The van der Waals surface area contributed by atoms with Crippen molar-refractivity contribution >= 4 is 17.6 Å². The molecule has 126 valence electrons. The molecule has 0 spiro atoms. The predicted octanol–water partition coefficient (Wildman–Crippen LogP) is 2.16. The molecular weight excluding hydrogens is 320 g/mol. The first-order valence-corrected chi connectivity index (χ1v) is 7.86. The number of rotatable bonds is 4. The lowest BCUT2D eigenvalue weighted by atomic mass is 10.1. The van der Waals surface area contributed by atoms with Crippen molar-refractivity contribution in [1.82, 2.24) is 0 Å². The van der Waals surface area contributed by atoms with Crippen LogP contribution in [0.15, 0.2) is 48.5 Å². The standard InChI is InChI=1S/C19H16N2O4/c20-12-13-4-6-15(7-5-13)21-9-8-17(19(21)24)25-18(23)11-14-2-1-3-16(22)10-14/h1-7,10,17,22H,8-9,11H2/t17-/m1/s1. The van der Waals surface area contributed by atoms with Crippen LogP contribution in [0.1, 0.15) is 17.5 Å². The lowest BCUT2D eigenvalue weighted by molar-refractivity contribution is -0.152. The minimum Gasteiger partial charge on any atom is -0.508 e. The molecule has 1 amide bonds. The molecule has 1 N–H and O–H groups in total. The van der Waals surface area contributed by atoms with Gasteiger partial charge >= 0.3 is 5.97 Å². The third-order valence-corrected chi connectivity index (χ3v) is 4.00. The van der Waals surface area contributed by atoms with Gasteiger partial charge in [-0.1, -0.05) is 12.1 Å². The molecule has 1 aliphatic rings. The fraction of sp³-hybridized carbons (Fsp3) is 0.211. The van der Waals surface area contributed by atoms with Gasteiger partial charge in [0.1, 0.15) is 5.75 Å². The Balaban J connectivity index is 1.61. The first kappa shape index (κ1) is 16.5. The number of amides is 1. The van der Waals surface area contributed by atoms with Crippen LogP contribution in [-0.2, 0) is 20.7 Å². The molecule has 1 heterocycles. The average Bonchev–Trinajstić information content (AvgIpc) is 2.95. The number of aromatic hydroxyl groups is 1. The molecule has 1 saturated heterocycles. The van der Waals surface area contributed by atoms with Crippen molar-refractivity contribution in [1.29, 1.82) is 5.26 Å². The van der Waals surface area contributed by atoms with Crippen molar-refractivity contribution in [3.63, 3.8) is 0 Å². The highest BCUT2D eigenvalue weighted by Gasteiger charge is 2.35. The zero-order chi connectivity index (χ0) is 17.8. The summed E-state index contributed by atoms with van der Waals surface area (Å²) in [5.41, 5.74) is 1.82. The first-order valence-electron chi connectivity index (χ1n) is 7.86. The second kappa shape index (κ2) is 7.05. The molecule has 6 heteroatoms. The maximum absolute atomic E-state index is 12.4. The number of benzene rings is 2. The summed E-state index contributed by atoms with van der Waals surface area (Å²) in [5, 5.41) is 18.2. The summed E-state index contributed by atoms with van der Waals surface area (Å²) >= 11 is 0. The van der Waals surface area contributed by atoms with Gasteiger partial charge in [0.2, 0.25) is 0 Å². The molecule has 0 aliphatic carbocycles. The SMILES string of the molecule is N#Cc1ccc(N2CC[C@@H](OC(=O)Cc3cccc(O)c3)C2=O)cc1. The van der Waals surface area contributed by atoms with E-state index in [2.05, 4.69) is 0 Å². The predicted molar refractivity (Wildman–Crippen MR) is 89.8 cm³/mol. The van der Waals surface area contributed by atoms with E-state index in [0.29, 0.717) is 29.8 Å². The maximum Gasteiger partial charge on any atom is 0.311 e. The highest BCUT2D eigenvalue weighted by atomic mass is 16.5. The van der Waals surface area contributed by atoms with Crippen molar-refractivity contribution < 1.29 is 19.4 Å². The number of phenolic OH excluding ortho intramolecular Hbond substituents is 1. The van der Waals surface area contributed by atoms with Gasteiger partial charge in [-0.25, -0.2) is 0 Å². The number of carbonyl (C=O) groups excluding carboxylic acids is 2. The molecule has 1 fully saturated rings. The van der Waals surface area contributed by atoms with Crippen LogP contribution in [0.25, 0.3) is 0 Å². The number of nitrogens with zero attached hydrogens (tertiary/aromatic N) is 2. The molecule has 2 aromatic carbocycles. The topological polar surface area (TPSA) is 90.6 Å². The fourth-order valence-corrected chi connectivity index (χ4v) is 2.77. The van der Waals surface area contributed by atoms with Crippen LogP contribution in [0, 0.1) is 11.3 Å². The van der Waals surface area contributed by atoms with Crippen LogP contribution < -0.4 is 4.90 Å². The van der Waals surface area contributed by atoms with Gasteiger partial charge in [0.25, 0.3) is 5.91 Å². The molecule has 0 bridgehead atoms. The zero-order valence-electron chi connectivity index (χ0n) is 13.4. The Hall–Kier alpha value is -3.33. The smallest absolute Gasteiger partial charge is 0.311 e. The lowest BCUT2D eigenvalue weighted by Crippen LogP contribution is -2.32. The minimum atomic E-state index is -0.805. The Labute approximate surface area is 144 Å². The summed E-state index contributed by atoms with van der Waals surface area (Å²) in [5.74, 6) is -0.700.